The molecule has 5 heteroatoms. The van der Waals surface area contributed by atoms with E-state index in [9.17, 15) is 9.90 Å². The fraction of sp³-hybridized carbons (Fsp3) is 0.462. The van der Waals surface area contributed by atoms with Gasteiger partial charge in [-0.2, -0.15) is 0 Å². The predicted molar refractivity (Wildman–Crippen MR) is 71.9 cm³/mol. The molecule has 0 bridgehead atoms. The second-order valence-corrected chi connectivity index (χ2v) is 4.94. The van der Waals surface area contributed by atoms with Crippen LogP contribution in [0.15, 0.2) is 24.3 Å². The van der Waals surface area contributed by atoms with E-state index in [0.717, 1.165) is 18.7 Å². The first-order valence-electron chi connectivity index (χ1n) is 6.01. The maximum absolute atomic E-state index is 12.4. The molecule has 0 spiro atoms. The number of anilines is 1. The van der Waals surface area contributed by atoms with E-state index in [4.69, 9.17) is 11.6 Å². The molecule has 4 nitrogen and oxygen atoms in total. The van der Waals surface area contributed by atoms with E-state index < -0.39 is 6.04 Å². The van der Waals surface area contributed by atoms with Crippen LogP contribution in [0, 0.1) is 0 Å². The van der Waals surface area contributed by atoms with Gasteiger partial charge in [0.15, 0.2) is 0 Å². The molecular weight excluding hydrogens is 252 g/mol. The molecule has 0 saturated carbocycles. The van der Waals surface area contributed by atoms with Crippen LogP contribution in [0.5, 0.6) is 0 Å². The van der Waals surface area contributed by atoms with Crippen LogP contribution in [-0.4, -0.2) is 48.7 Å². The number of aliphatic hydroxyl groups is 1. The summed E-state index contributed by atoms with van der Waals surface area (Å²) in [5.74, 6) is -0.0557. The summed E-state index contributed by atoms with van der Waals surface area (Å²) < 4.78 is 0. The fourth-order valence-electron chi connectivity index (χ4n) is 2.21. The Balaban J connectivity index is 2.26. The summed E-state index contributed by atoms with van der Waals surface area (Å²) in [6, 6.07) is 6.75. The summed E-state index contributed by atoms with van der Waals surface area (Å²) >= 11 is 5.85. The topological polar surface area (TPSA) is 43.8 Å². The van der Waals surface area contributed by atoms with Gasteiger partial charge in [-0.3, -0.25) is 9.69 Å². The number of benzene rings is 1. The van der Waals surface area contributed by atoms with E-state index in [1.165, 1.54) is 0 Å². The number of nitrogens with zero attached hydrogens (tertiary/aromatic N) is 2. The summed E-state index contributed by atoms with van der Waals surface area (Å²) in [6.45, 7) is 1.32. The Morgan fingerprint density at radius 3 is 2.61 bits per heavy atom. The van der Waals surface area contributed by atoms with Gasteiger partial charge in [-0.1, -0.05) is 11.6 Å². The van der Waals surface area contributed by atoms with Crippen molar-refractivity contribution in [1.29, 1.82) is 0 Å². The van der Waals surface area contributed by atoms with Gasteiger partial charge in [-0.25, -0.2) is 0 Å². The Kier molecular flexibility index (Phi) is 4.22. The SMILES string of the molecule is CN1CCCN(c2ccc(Cl)cc2)C(=O)C1CO. The van der Waals surface area contributed by atoms with Gasteiger partial charge in [-0.05, 0) is 37.7 Å². The van der Waals surface area contributed by atoms with E-state index in [0.29, 0.717) is 11.6 Å². The van der Waals surface area contributed by atoms with E-state index in [1.54, 1.807) is 17.0 Å². The molecule has 1 N–H and O–H groups in total. The lowest BCUT2D eigenvalue weighted by atomic mass is 10.2. The van der Waals surface area contributed by atoms with Crippen LogP contribution >= 0.6 is 11.6 Å². The van der Waals surface area contributed by atoms with Crippen LogP contribution in [-0.2, 0) is 4.79 Å². The zero-order valence-electron chi connectivity index (χ0n) is 10.3. The molecule has 1 heterocycles. The number of halogens is 1. The number of hydrogen-bond acceptors (Lipinski definition) is 3. The summed E-state index contributed by atoms with van der Waals surface area (Å²) in [6.07, 6.45) is 0.890. The highest BCUT2D eigenvalue weighted by Crippen LogP contribution is 2.21. The monoisotopic (exact) mass is 268 g/mol. The molecule has 1 aromatic rings. The van der Waals surface area contributed by atoms with E-state index in [2.05, 4.69) is 0 Å². The number of amides is 1. The average Bonchev–Trinajstić information content (AvgIpc) is 2.49. The lowest BCUT2D eigenvalue weighted by Gasteiger charge is -2.26. The molecule has 1 unspecified atom stereocenters. The smallest absolute Gasteiger partial charge is 0.246 e. The largest absolute Gasteiger partial charge is 0.394 e. The minimum Gasteiger partial charge on any atom is -0.394 e. The lowest BCUT2D eigenvalue weighted by Crippen LogP contribution is -2.46. The van der Waals surface area contributed by atoms with Crippen molar-refractivity contribution in [2.45, 2.75) is 12.5 Å². The first kappa shape index (κ1) is 13.3. The van der Waals surface area contributed by atoms with E-state index >= 15 is 0 Å². The summed E-state index contributed by atoms with van der Waals surface area (Å²) in [5, 5.41) is 10.0. The van der Waals surface area contributed by atoms with Crippen molar-refractivity contribution in [1.82, 2.24) is 4.90 Å². The molecule has 1 aliphatic rings. The number of carbonyl (C=O) groups is 1. The molecule has 98 valence electrons. The Bertz CT molecular complexity index is 422. The molecular formula is C13H17ClN2O2. The van der Waals surface area contributed by atoms with Crippen LogP contribution in [0.25, 0.3) is 0 Å². The molecule has 0 aliphatic carbocycles. The van der Waals surface area contributed by atoms with Crippen LogP contribution in [0.2, 0.25) is 5.02 Å². The molecule has 1 aliphatic heterocycles. The van der Waals surface area contributed by atoms with Crippen LogP contribution in [0.4, 0.5) is 5.69 Å². The quantitative estimate of drug-likeness (QED) is 0.881. The Morgan fingerprint density at radius 2 is 2.00 bits per heavy atom. The van der Waals surface area contributed by atoms with Crippen molar-refractivity contribution in [3.05, 3.63) is 29.3 Å². The summed E-state index contributed by atoms with van der Waals surface area (Å²) in [7, 11) is 1.87. The van der Waals surface area contributed by atoms with Gasteiger partial charge in [0.05, 0.1) is 6.61 Å². The third-order valence-corrected chi connectivity index (χ3v) is 3.54. The van der Waals surface area contributed by atoms with Crippen molar-refractivity contribution in [2.24, 2.45) is 0 Å². The van der Waals surface area contributed by atoms with Crippen LogP contribution < -0.4 is 4.90 Å². The molecule has 1 aromatic carbocycles. The van der Waals surface area contributed by atoms with Crippen molar-refractivity contribution in [2.75, 3.05) is 31.6 Å². The van der Waals surface area contributed by atoms with Crippen molar-refractivity contribution < 1.29 is 9.90 Å². The second-order valence-electron chi connectivity index (χ2n) is 4.50. The van der Waals surface area contributed by atoms with Gasteiger partial charge in [0.2, 0.25) is 5.91 Å². The maximum Gasteiger partial charge on any atom is 0.246 e. The fourth-order valence-corrected chi connectivity index (χ4v) is 2.33. The first-order valence-corrected chi connectivity index (χ1v) is 6.39. The average molecular weight is 269 g/mol. The highest BCUT2D eigenvalue weighted by Gasteiger charge is 2.30. The third-order valence-electron chi connectivity index (χ3n) is 3.29. The van der Waals surface area contributed by atoms with Gasteiger partial charge in [0.25, 0.3) is 0 Å². The highest BCUT2D eigenvalue weighted by atomic mass is 35.5. The Labute approximate surface area is 112 Å². The third kappa shape index (κ3) is 2.66. The highest BCUT2D eigenvalue weighted by molar-refractivity contribution is 6.30. The van der Waals surface area contributed by atoms with Gasteiger partial charge < -0.3 is 10.0 Å². The number of aliphatic hydroxyl groups excluding tert-OH is 1. The lowest BCUT2D eigenvalue weighted by molar-refractivity contribution is -0.123. The van der Waals surface area contributed by atoms with Crippen LogP contribution in [0.1, 0.15) is 6.42 Å². The van der Waals surface area contributed by atoms with Crippen molar-refractivity contribution in [3.8, 4) is 0 Å². The molecule has 1 atom stereocenters. The zero-order chi connectivity index (χ0) is 13.1. The zero-order valence-corrected chi connectivity index (χ0v) is 11.1. The van der Waals surface area contributed by atoms with Crippen molar-refractivity contribution >= 4 is 23.2 Å². The molecule has 1 saturated heterocycles. The van der Waals surface area contributed by atoms with Crippen molar-refractivity contribution in [3.63, 3.8) is 0 Å². The number of hydrogen-bond donors (Lipinski definition) is 1. The molecule has 1 fully saturated rings. The molecule has 2 rings (SSSR count). The van der Waals surface area contributed by atoms with Gasteiger partial charge in [-0.15, -0.1) is 0 Å². The van der Waals surface area contributed by atoms with E-state index in [1.807, 2.05) is 24.1 Å². The normalized spacial score (nSPS) is 22.1. The minimum atomic E-state index is -0.455. The van der Waals surface area contributed by atoms with Gasteiger partial charge >= 0.3 is 0 Å². The number of likely N-dealkylation sites (N-methyl/N-ethyl adjacent to an activating group) is 1. The molecule has 0 aromatic heterocycles. The first-order chi connectivity index (χ1) is 8.63. The predicted octanol–water partition coefficient (Wildman–Crippen LogP) is 1.37. The molecule has 0 radical (unpaired) electrons. The minimum absolute atomic E-state index is 0.0557. The number of carbonyl (C=O) groups excluding carboxylic acids is 1. The van der Waals surface area contributed by atoms with Crippen LogP contribution in [0.3, 0.4) is 0 Å². The Morgan fingerprint density at radius 1 is 1.33 bits per heavy atom. The second kappa shape index (κ2) is 5.69. The summed E-state index contributed by atoms with van der Waals surface area (Å²) in [5.41, 5.74) is 0.832. The summed E-state index contributed by atoms with van der Waals surface area (Å²) in [4.78, 5) is 16.0. The standard InChI is InChI=1S/C13H17ClN2O2/c1-15-7-2-8-16(13(18)12(15)9-17)11-5-3-10(14)4-6-11/h3-6,12,17H,2,7-9H2,1H3. The van der Waals surface area contributed by atoms with Gasteiger partial charge in [0.1, 0.15) is 6.04 Å². The maximum atomic E-state index is 12.4. The molecule has 18 heavy (non-hydrogen) atoms. The Hall–Kier alpha value is -1.10. The van der Waals surface area contributed by atoms with E-state index in [-0.39, 0.29) is 12.5 Å². The van der Waals surface area contributed by atoms with Gasteiger partial charge in [0, 0.05) is 23.8 Å². The number of rotatable bonds is 2. The molecule has 1 amide bonds.